The van der Waals surface area contributed by atoms with Gasteiger partial charge < -0.3 is 9.88 Å². The van der Waals surface area contributed by atoms with Crippen molar-refractivity contribution in [3.63, 3.8) is 0 Å². The van der Waals surface area contributed by atoms with E-state index in [1.54, 1.807) is 6.07 Å². The molecule has 0 saturated carbocycles. The molecule has 0 aliphatic rings. The second kappa shape index (κ2) is 5.41. The van der Waals surface area contributed by atoms with Gasteiger partial charge in [0.1, 0.15) is 0 Å². The molecule has 0 amide bonds. The van der Waals surface area contributed by atoms with Crippen LogP contribution in [0.3, 0.4) is 0 Å². The fourth-order valence-electron chi connectivity index (χ4n) is 2.36. The average Bonchev–Trinajstić information content (AvgIpc) is 2.31. The average molecular weight is 256 g/mol. The monoisotopic (exact) mass is 256 g/mol. The molecule has 0 saturated heterocycles. The van der Waals surface area contributed by atoms with E-state index in [-0.39, 0.29) is 5.43 Å². The van der Waals surface area contributed by atoms with Crippen LogP contribution in [0.4, 0.5) is 0 Å². The lowest BCUT2D eigenvalue weighted by atomic mass is 10.1. The Balaban J connectivity index is 2.60. The Labute approximate surface area is 113 Å². The second-order valence-corrected chi connectivity index (χ2v) is 5.05. The standard InChI is InChI=1S/C16H20N2O/c1-11-5-12(2)7-15(6-11)18-10-14(9-17-4)16(19)8-13(18)3/h5-8,10,17H,9H2,1-4H3. The molecular weight excluding hydrogens is 236 g/mol. The summed E-state index contributed by atoms with van der Waals surface area (Å²) in [6.07, 6.45) is 1.93. The Bertz CT molecular complexity index is 636. The number of hydrogen-bond acceptors (Lipinski definition) is 2. The molecule has 1 aromatic heterocycles. The van der Waals surface area contributed by atoms with Crippen LogP contribution in [0.15, 0.2) is 35.3 Å². The third-order valence-electron chi connectivity index (χ3n) is 3.17. The fourth-order valence-corrected chi connectivity index (χ4v) is 2.36. The maximum absolute atomic E-state index is 11.9. The summed E-state index contributed by atoms with van der Waals surface area (Å²) in [7, 11) is 1.85. The molecule has 0 aliphatic carbocycles. The van der Waals surface area contributed by atoms with E-state index in [0.29, 0.717) is 6.54 Å². The Morgan fingerprint density at radius 3 is 2.26 bits per heavy atom. The lowest BCUT2D eigenvalue weighted by Crippen LogP contribution is -2.19. The van der Waals surface area contributed by atoms with Gasteiger partial charge in [0.2, 0.25) is 0 Å². The first kappa shape index (κ1) is 13.6. The molecule has 19 heavy (non-hydrogen) atoms. The zero-order valence-electron chi connectivity index (χ0n) is 11.9. The van der Waals surface area contributed by atoms with E-state index in [1.165, 1.54) is 11.1 Å². The van der Waals surface area contributed by atoms with Crippen molar-refractivity contribution in [2.75, 3.05) is 7.05 Å². The maximum atomic E-state index is 11.9. The van der Waals surface area contributed by atoms with E-state index in [4.69, 9.17) is 0 Å². The first-order valence-corrected chi connectivity index (χ1v) is 6.46. The predicted molar refractivity (Wildman–Crippen MR) is 79.0 cm³/mol. The van der Waals surface area contributed by atoms with Gasteiger partial charge >= 0.3 is 0 Å². The van der Waals surface area contributed by atoms with E-state index in [2.05, 4.69) is 41.9 Å². The van der Waals surface area contributed by atoms with Gasteiger partial charge in [-0.25, -0.2) is 0 Å². The molecule has 0 fully saturated rings. The quantitative estimate of drug-likeness (QED) is 0.915. The predicted octanol–water partition coefficient (Wildman–Crippen LogP) is 2.48. The summed E-state index contributed by atoms with van der Waals surface area (Å²) in [4.78, 5) is 11.9. The lowest BCUT2D eigenvalue weighted by molar-refractivity contribution is 0.794. The number of nitrogens with zero attached hydrogens (tertiary/aromatic N) is 1. The van der Waals surface area contributed by atoms with Crippen LogP contribution in [0.1, 0.15) is 22.4 Å². The molecule has 100 valence electrons. The van der Waals surface area contributed by atoms with Crippen LogP contribution in [0.2, 0.25) is 0 Å². The Morgan fingerprint density at radius 2 is 1.68 bits per heavy atom. The van der Waals surface area contributed by atoms with Gasteiger partial charge in [-0.1, -0.05) is 6.07 Å². The third kappa shape index (κ3) is 2.93. The second-order valence-electron chi connectivity index (χ2n) is 5.05. The smallest absolute Gasteiger partial charge is 0.186 e. The summed E-state index contributed by atoms with van der Waals surface area (Å²) in [6, 6.07) is 8.11. The Morgan fingerprint density at radius 1 is 1.05 bits per heavy atom. The molecule has 1 heterocycles. The molecule has 0 atom stereocenters. The van der Waals surface area contributed by atoms with Crippen LogP contribution in [0.5, 0.6) is 0 Å². The molecule has 3 heteroatoms. The van der Waals surface area contributed by atoms with Crippen LogP contribution in [-0.4, -0.2) is 11.6 Å². The fraction of sp³-hybridized carbons (Fsp3) is 0.312. The molecular formula is C16H20N2O. The minimum Gasteiger partial charge on any atom is -0.321 e. The van der Waals surface area contributed by atoms with E-state index in [9.17, 15) is 4.79 Å². The van der Waals surface area contributed by atoms with Gasteiger partial charge in [-0.15, -0.1) is 0 Å². The van der Waals surface area contributed by atoms with E-state index in [0.717, 1.165) is 16.9 Å². The molecule has 0 bridgehead atoms. The zero-order valence-corrected chi connectivity index (χ0v) is 11.9. The lowest BCUT2D eigenvalue weighted by Gasteiger charge is -2.14. The summed E-state index contributed by atoms with van der Waals surface area (Å²) in [5.41, 5.74) is 5.38. The van der Waals surface area contributed by atoms with Crippen LogP contribution >= 0.6 is 0 Å². The van der Waals surface area contributed by atoms with Gasteiger partial charge in [0.15, 0.2) is 5.43 Å². The number of pyridine rings is 1. The zero-order chi connectivity index (χ0) is 14.0. The number of aromatic nitrogens is 1. The highest BCUT2D eigenvalue weighted by Gasteiger charge is 2.06. The van der Waals surface area contributed by atoms with E-state index < -0.39 is 0 Å². The molecule has 2 aromatic rings. The van der Waals surface area contributed by atoms with Crippen molar-refractivity contribution in [1.82, 2.24) is 9.88 Å². The number of benzene rings is 1. The first-order chi connectivity index (χ1) is 9.01. The van der Waals surface area contributed by atoms with E-state index in [1.807, 2.05) is 20.2 Å². The van der Waals surface area contributed by atoms with Gasteiger partial charge in [0.05, 0.1) is 0 Å². The van der Waals surface area contributed by atoms with Gasteiger partial charge in [0, 0.05) is 35.8 Å². The number of nitrogens with one attached hydrogen (secondary N) is 1. The molecule has 1 aromatic carbocycles. The van der Waals surface area contributed by atoms with Gasteiger partial charge in [0.25, 0.3) is 0 Å². The van der Waals surface area contributed by atoms with Crippen LogP contribution in [0, 0.1) is 20.8 Å². The van der Waals surface area contributed by atoms with Gasteiger partial charge in [-0.3, -0.25) is 4.79 Å². The minimum absolute atomic E-state index is 0.0903. The SMILES string of the molecule is CNCc1cn(-c2cc(C)cc(C)c2)c(C)cc1=O. The van der Waals surface area contributed by atoms with Crippen molar-refractivity contribution in [2.24, 2.45) is 0 Å². The Kier molecular flexibility index (Phi) is 3.86. The minimum atomic E-state index is 0.0903. The summed E-state index contributed by atoms with van der Waals surface area (Å²) < 4.78 is 2.08. The van der Waals surface area contributed by atoms with Crippen molar-refractivity contribution in [2.45, 2.75) is 27.3 Å². The summed E-state index contributed by atoms with van der Waals surface area (Å²) in [5.74, 6) is 0. The van der Waals surface area contributed by atoms with Crippen molar-refractivity contribution < 1.29 is 0 Å². The molecule has 0 radical (unpaired) electrons. The maximum Gasteiger partial charge on any atom is 0.186 e. The molecule has 3 nitrogen and oxygen atoms in total. The summed E-state index contributed by atoms with van der Waals surface area (Å²) >= 11 is 0. The highest BCUT2D eigenvalue weighted by Crippen LogP contribution is 2.15. The molecule has 0 aliphatic heterocycles. The molecule has 1 N–H and O–H groups in total. The number of aryl methyl sites for hydroxylation is 3. The molecule has 2 rings (SSSR count). The number of hydrogen-bond donors (Lipinski definition) is 1. The van der Waals surface area contributed by atoms with Crippen LogP contribution in [-0.2, 0) is 6.54 Å². The third-order valence-corrected chi connectivity index (χ3v) is 3.17. The normalized spacial score (nSPS) is 10.7. The van der Waals surface area contributed by atoms with Crippen molar-refractivity contribution in [3.8, 4) is 5.69 Å². The largest absolute Gasteiger partial charge is 0.321 e. The summed E-state index contributed by atoms with van der Waals surface area (Å²) in [6.45, 7) is 6.72. The highest BCUT2D eigenvalue weighted by atomic mass is 16.1. The van der Waals surface area contributed by atoms with Crippen molar-refractivity contribution in [1.29, 1.82) is 0 Å². The molecule has 0 unspecified atom stereocenters. The highest BCUT2D eigenvalue weighted by molar-refractivity contribution is 5.41. The van der Waals surface area contributed by atoms with Crippen LogP contribution in [0.25, 0.3) is 5.69 Å². The van der Waals surface area contributed by atoms with Gasteiger partial charge in [-0.05, 0) is 51.1 Å². The van der Waals surface area contributed by atoms with E-state index >= 15 is 0 Å². The Hall–Kier alpha value is -1.87. The van der Waals surface area contributed by atoms with Crippen molar-refractivity contribution >= 4 is 0 Å². The van der Waals surface area contributed by atoms with Gasteiger partial charge in [-0.2, -0.15) is 0 Å². The number of rotatable bonds is 3. The van der Waals surface area contributed by atoms with Crippen LogP contribution < -0.4 is 10.7 Å². The topological polar surface area (TPSA) is 34.0 Å². The summed E-state index contributed by atoms with van der Waals surface area (Å²) in [5, 5.41) is 3.03. The molecule has 0 spiro atoms. The van der Waals surface area contributed by atoms with Crippen molar-refractivity contribution in [3.05, 3.63) is 63.1 Å². The first-order valence-electron chi connectivity index (χ1n) is 6.46.